The summed E-state index contributed by atoms with van der Waals surface area (Å²) in [6.45, 7) is 2.20. The standard InChI is InChI=1S/C12H16N2S/c1-2-3-4-7-15-11-5-6-12(14)10(8-11)9-13/h5-6,8H,2-4,7,14H2,1H3. The molecule has 0 atom stereocenters. The van der Waals surface area contributed by atoms with Crippen molar-refractivity contribution in [3.05, 3.63) is 23.8 Å². The van der Waals surface area contributed by atoms with Crippen molar-refractivity contribution in [3.8, 4) is 6.07 Å². The fourth-order valence-electron chi connectivity index (χ4n) is 1.26. The number of thioether (sulfide) groups is 1. The largest absolute Gasteiger partial charge is 0.398 e. The van der Waals surface area contributed by atoms with Crippen molar-refractivity contribution in [2.24, 2.45) is 0 Å². The van der Waals surface area contributed by atoms with Gasteiger partial charge in [-0.2, -0.15) is 5.26 Å². The topological polar surface area (TPSA) is 49.8 Å². The van der Waals surface area contributed by atoms with Crippen LogP contribution in [0.25, 0.3) is 0 Å². The summed E-state index contributed by atoms with van der Waals surface area (Å²) in [5.41, 5.74) is 6.79. The molecule has 3 heteroatoms. The van der Waals surface area contributed by atoms with Gasteiger partial charge in [-0.05, 0) is 30.4 Å². The number of nitrogens with two attached hydrogens (primary N) is 1. The number of nitriles is 1. The van der Waals surface area contributed by atoms with E-state index in [9.17, 15) is 0 Å². The van der Waals surface area contributed by atoms with Gasteiger partial charge in [0.05, 0.1) is 5.56 Å². The van der Waals surface area contributed by atoms with Crippen molar-refractivity contribution in [1.82, 2.24) is 0 Å². The van der Waals surface area contributed by atoms with Crippen LogP contribution in [0.2, 0.25) is 0 Å². The molecule has 0 aliphatic heterocycles. The van der Waals surface area contributed by atoms with E-state index < -0.39 is 0 Å². The Hall–Kier alpha value is -1.14. The maximum atomic E-state index is 8.81. The van der Waals surface area contributed by atoms with E-state index in [0.717, 1.165) is 10.6 Å². The Kier molecular flexibility index (Phi) is 5.06. The molecule has 0 saturated heterocycles. The molecule has 0 saturated carbocycles. The average Bonchev–Trinajstić information content (AvgIpc) is 2.26. The van der Waals surface area contributed by atoms with E-state index in [1.54, 1.807) is 17.8 Å². The Morgan fingerprint density at radius 1 is 1.40 bits per heavy atom. The van der Waals surface area contributed by atoms with Crippen LogP contribution in [0, 0.1) is 11.3 Å². The van der Waals surface area contributed by atoms with Gasteiger partial charge in [-0.3, -0.25) is 0 Å². The molecular weight excluding hydrogens is 204 g/mol. The van der Waals surface area contributed by atoms with Crippen LogP contribution in [0.3, 0.4) is 0 Å². The van der Waals surface area contributed by atoms with E-state index in [-0.39, 0.29) is 0 Å². The zero-order chi connectivity index (χ0) is 11.1. The summed E-state index contributed by atoms with van der Waals surface area (Å²) in [6, 6.07) is 7.75. The summed E-state index contributed by atoms with van der Waals surface area (Å²) in [5, 5.41) is 8.81. The van der Waals surface area contributed by atoms with E-state index in [4.69, 9.17) is 11.0 Å². The third kappa shape index (κ3) is 3.85. The predicted molar refractivity (Wildman–Crippen MR) is 65.8 cm³/mol. The smallest absolute Gasteiger partial charge is 0.101 e. The molecule has 15 heavy (non-hydrogen) atoms. The van der Waals surface area contributed by atoms with E-state index >= 15 is 0 Å². The summed E-state index contributed by atoms with van der Waals surface area (Å²) in [4.78, 5) is 1.14. The Morgan fingerprint density at radius 2 is 2.20 bits per heavy atom. The summed E-state index contributed by atoms with van der Waals surface area (Å²) in [5.74, 6) is 1.11. The zero-order valence-electron chi connectivity index (χ0n) is 8.99. The van der Waals surface area contributed by atoms with Crippen LogP contribution in [-0.2, 0) is 0 Å². The van der Waals surface area contributed by atoms with E-state index in [1.165, 1.54) is 19.3 Å². The van der Waals surface area contributed by atoms with Crippen molar-refractivity contribution >= 4 is 17.4 Å². The lowest BCUT2D eigenvalue weighted by Gasteiger charge is -2.03. The molecule has 0 aliphatic carbocycles. The molecule has 0 radical (unpaired) electrons. The summed E-state index contributed by atoms with van der Waals surface area (Å²) >= 11 is 1.79. The fourth-order valence-corrected chi connectivity index (χ4v) is 2.21. The van der Waals surface area contributed by atoms with Gasteiger partial charge >= 0.3 is 0 Å². The molecule has 0 heterocycles. The fraction of sp³-hybridized carbons (Fsp3) is 0.417. The first-order valence-electron chi connectivity index (χ1n) is 5.20. The summed E-state index contributed by atoms with van der Waals surface area (Å²) in [7, 11) is 0. The molecule has 0 fully saturated rings. The van der Waals surface area contributed by atoms with Gasteiger partial charge in [0, 0.05) is 10.6 Å². The molecule has 80 valence electrons. The van der Waals surface area contributed by atoms with Gasteiger partial charge in [0.15, 0.2) is 0 Å². The second-order valence-corrected chi connectivity index (χ2v) is 4.58. The number of hydrogen-bond acceptors (Lipinski definition) is 3. The molecule has 1 aromatic carbocycles. The number of nitrogens with zero attached hydrogens (tertiary/aromatic N) is 1. The first-order valence-corrected chi connectivity index (χ1v) is 6.19. The highest BCUT2D eigenvalue weighted by Crippen LogP contribution is 2.23. The molecule has 2 nitrogen and oxygen atoms in total. The Labute approximate surface area is 95.5 Å². The quantitative estimate of drug-likeness (QED) is 0.470. The monoisotopic (exact) mass is 220 g/mol. The number of rotatable bonds is 5. The molecular formula is C12H16N2S. The molecule has 0 amide bonds. The second kappa shape index (κ2) is 6.36. The third-order valence-corrected chi connectivity index (χ3v) is 3.24. The summed E-state index contributed by atoms with van der Waals surface area (Å²) < 4.78 is 0. The lowest BCUT2D eigenvalue weighted by Crippen LogP contribution is -1.90. The van der Waals surface area contributed by atoms with E-state index in [1.807, 2.05) is 12.1 Å². The number of benzene rings is 1. The lowest BCUT2D eigenvalue weighted by molar-refractivity contribution is 0.778. The number of hydrogen-bond donors (Lipinski definition) is 1. The summed E-state index contributed by atoms with van der Waals surface area (Å²) in [6.07, 6.45) is 3.74. The first-order chi connectivity index (χ1) is 7.27. The average molecular weight is 220 g/mol. The van der Waals surface area contributed by atoms with Crippen LogP contribution in [-0.4, -0.2) is 5.75 Å². The van der Waals surface area contributed by atoms with Crippen molar-refractivity contribution in [3.63, 3.8) is 0 Å². The predicted octanol–water partition coefficient (Wildman–Crippen LogP) is 3.42. The lowest BCUT2D eigenvalue weighted by atomic mass is 10.2. The van der Waals surface area contributed by atoms with Gasteiger partial charge < -0.3 is 5.73 Å². The van der Waals surface area contributed by atoms with Gasteiger partial charge in [0.1, 0.15) is 6.07 Å². The van der Waals surface area contributed by atoms with Gasteiger partial charge in [0.2, 0.25) is 0 Å². The molecule has 0 spiro atoms. The van der Waals surface area contributed by atoms with Crippen molar-refractivity contribution in [1.29, 1.82) is 5.26 Å². The molecule has 0 aromatic heterocycles. The highest BCUT2D eigenvalue weighted by molar-refractivity contribution is 7.99. The second-order valence-electron chi connectivity index (χ2n) is 3.42. The van der Waals surface area contributed by atoms with Crippen molar-refractivity contribution in [2.45, 2.75) is 31.1 Å². The van der Waals surface area contributed by atoms with Crippen LogP contribution in [0.1, 0.15) is 31.7 Å². The highest BCUT2D eigenvalue weighted by atomic mass is 32.2. The SMILES string of the molecule is CCCCCSc1ccc(N)c(C#N)c1. The Bertz CT molecular complexity index is 355. The van der Waals surface area contributed by atoms with Crippen LogP contribution in [0.4, 0.5) is 5.69 Å². The highest BCUT2D eigenvalue weighted by Gasteiger charge is 2.00. The maximum Gasteiger partial charge on any atom is 0.101 e. The van der Waals surface area contributed by atoms with Gasteiger partial charge in [-0.1, -0.05) is 19.8 Å². The van der Waals surface area contributed by atoms with E-state index in [0.29, 0.717) is 11.3 Å². The molecule has 1 aromatic rings. The van der Waals surface area contributed by atoms with Gasteiger partial charge in [-0.15, -0.1) is 11.8 Å². The zero-order valence-corrected chi connectivity index (χ0v) is 9.81. The molecule has 2 N–H and O–H groups in total. The van der Waals surface area contributed by atoms with Crippen molar-refractivity contribution < 1.29 is 0 Å². The normalized spacial score (nSPS) is 9.87. The van der Waals surface area contributed by atoms with Crippen LogP contribution in [0.15, 0.2) is 23.1 Å². The van der Waals surface area contributed by atoms with Crippen LogP contribution < -0.4 is 5.73 Å². The maximum absolute atomic E-state index is 8.81. The van der Waals surface area contributed by atoms with Crippen LogP contribution in [0.5, 0.6) is 0 Å². The number of anilines is 1. The minimum absolute atomic E-state index is 0.565. The number of nitrogen functional groups attached to an aromatic ring is 1. The van der Waals surface area contributed by atoms with E-state index in [2.05, 4.69) is 13.0 Å². The molecule has 0 aliphatic rings. The van der Waals surface area contributed by atoms with Gasteiger partial charge in [-0.25, -0.2) is 0 Å². The van der Waals surface area contributed by atoms with Crippen LogP contribution >= 0.6 is 11.8 Å². The molecule has 0 bridgehead atoms. The minimum Gasteiger partial charge on any atom is -0.398 e. The Morgan fingerprint density at radius 3 is 2.87 bits per heavy atom. The van der Waals surface area contributed by atoms with Gasteiger partial charge in [0.25, 0.3) is 0 Å². The number of unbranched alkanes of at least 4 members (excludes halogenated alkanes) is 2. The first kappa shape index (κ1) is 11.9. The minimum atomic E-state index is 0.565. The third-order valence-electron chi connectivity index (χ3n) is 2.16. The molecule has 0 unspecified atom stereocenters. The molecule has 1 rings (SSSR count). The Balaban J connectivity index is 2.52. The van der Waals surface area contributed by atoms with Crippen molar-refractivity contribution in [2.75, 3.05) is 11.5 Å².